The molecule has 1 aromatic heterocycles. The monoisotopic (exact) mass is 422 g/mol. The van der Waals surface area contributed by atoms with E-state index in [0.29, 0.717) is 18.8 Å². The van der Waals surface area contributed by atoms with E-state index in [-0.39, 0.29) is 12.5 Å². The van der Waals surface area contributed by atoms with E-state index >= 15 is 0 Å². The van der Waals surface area contributed by atoms with Crippen LogP contribution in [0.3, 0.4) is 0 Å². The van der Waals surface area contributed by atoms with Crippen molar-refractivity contribution in [2.45, 2.75) is 20.8 Å². The number of nitrogens with zero attached hydrogens (tertiary/aromatic N) is 3. The van der Waals surface area contributed by atoms with Crippen molar-refractivity contribution in [3.63, 3.8) is 0 Å². The molecule has 0 saturated heterocycles. The zero-order valence-electron chi connectivity index (χ0n) is 17.5. The van der Waals surface area contributed by atoms with Crippen LogP contribution in [-0.4, -0.2) is 41.2 Å². The molecule has 7 heteroatoms. The van der Waals surface area contributed by atoms with Gasteiger partial charge in [-0.05, 0) is 50.6 Å². The first kappa shape index (κ1) is 21.5. The lowest BCUT2D eigenvalue weighted by Crippen LogP contribution is -2.34. The Morgan fingerprint density at radius 3 is 2.47 bits per heavy atom. The highest BCUT2D eigenvalue weighted by atomic mass is 32.1. The second-order valence-corrected chi connectivity index (χ2v) is 7.45. The molecule has 2 aromatic carbocycles. The van der Waals surface area contributed by atoms with Crippen LogP contribution in [0.5, 0.6) is 5.75 Å². The molecule has 3 rings (SSSR count). The van der Waals surface area contributed by atoms with Gasteiger partial charge in [0.25, 0.3) is 5.91 Å². The predicted octanol–water partition coefficient (Wildman–Crippen LogP) is 4.89. The molecule has 3 aromatic rings. The third kappa shape index (κ3) is 5.67. The molecular weight excluding hydrogens is 396 g/mol. The number of hydrogen-bond acceptors (Lipinski definition) is 6. The normalized spacial score (nSPS) is 11.2. The summed E-state index contributed by atoms with van der Waals surface area (Å²) in [6.45, 7) is 7.27. The Balaban J connectivity index is 1.56. The number of rotatable bonds is 9. The van der Waals surface area contributed by atoms with Gasteiger partial charge in [0.2, 0.25) is 5.13 Å². The fraction of sp³-hybridized carbons (Fsp3) is 0.261. The van der Waals surface area contributed by atoms with Gasteiger partial charge in [-0.3, -0.25) is 10.2 Å². The average Bonchev–Trinajstić information content (AvgIpc) is 3.27. The Morgan fingerprint density at radius 2 is 1.80 bits per heavy atom. The molecule has 0 spiro atoms. The van der Waals surface area contributed by atoms with Gasteiger partial charge < -0.3 is 9.64 Å². The fourth-order valence-corrected chi connectivity index (χ4v) is 3.53. The summed E-state index contributed by atoms with van der Waals surface area (Å²) in [7, 11) is 0. The van der Waals surface area contributed by atoms with Gasteiger partial charge >= 0.3 is 0 Å². The maximum absolute atomic E-state index is 12.0. The summed E-state index contributed by atoms with van der Waals surface area (Å²) in [4.78, 5) is 18.4. The smallest absolute Gasteiger partial charge is 0.260 e. The van der Waals surface area contributed by atoms with Crippen LogP contribution in [0.15, 0.2) is 65.1 Å². The van der Waals surface area contributed by atoms with Crippen molar-refractivity contribution in [3.05, 3.63) is 65.5 Å². The summed E-state index contributed by atoms with van der Waals surface area (Å²) in [5.41, 5.74) is 6.83. The van der Waals surface area contributed by atoms with Crippen LogP contribution in [0.4, 0.5) is 5.13 Å². The largest absolute Gasteiger partial charge is 0.484 e. The number of likely N-dealkylation sites (N-methyl/N-ethyl adjacent to an activating group) is 1. The summed E-state index contributed by atoms with van der Waals surface area (Å²) in [5.74, 6) is 0.650. The predicted molar refractivity (Wildman–Crippen MR) is 123 cm³/mol. The number of nitrogens with one attached hydrogen (secondary N) is 1. The number of thiazole rings is 1. The van der Waals surface area contributed by atoms with Gasteiger partial charge in [0.1, 0.15) is 5.75 Å². The Morgan fingerprint density at radius 1 is 1.10 bits per heavy atom. The van der Waals surface area contributed by atoms with E-state index in [2.05, 4.69) is 15.5 Å². The van der Waals surface area contributed by atoms with Gasteiger partial charge in [-0.2, -0.15) is 5.10 Å². The van der Waals surface area contributed by atoms with E-state index < -0.39 is 0 Å². The Bertz CT molecular complexity index is 980. The first-order chi connectivity index (χ1) is 14.6. The Kier molecular flexibility index (Phi) is 7.57. The van der Waals surface area contributed by atoms with Gasteiger partial charge in [0.05, 0.1) is 11.4 Å². The van der Waals surface area contributed by atoms with Crippen molar-refractivity contribution in [1.82, 2.24) is 9.88 Å². The van der Waals surface area contributed by atoms with E-state index in [1.54, 1.807) is 4.90 Å². The van der Waals surface area contributed by atoms with Crippen molar-refractivity contribution in [2.24, 2.45) is 5.10 Å². The van der Waals surface area contributed by atoms with Crippen molar-refractivity contribution in [1.29, 1.82) is 0 Å². The van der Waals surface area contributed by atoms with Crippen LogP contribution in [0.1, 0.15) is 26.3 Å². The summed E-state index contributed by atoms with van der Waals surface area (Å²) < 4.78 is 5.61. The zero-order chi connectivity index (χ0) is 21.3. The highest BCUT2D eigenvalue weighted by Crippen LogP contribution is 2.24. The molecule has 1 N–H and O–H groups in total. The third-order valence-corrected chi connectivity index (χ3v) is 5.39. The molecule has 6 nitrogen and oxygen atoms in total. The fourth-order valence-electron chi connectivity index (χ4n) is 2.87. The molecule has 30 heavy (non-hydrogen) atoms. The molecule has 0 aliphatic heterocycles. The minimum absolute atomic E-state index is 0.00987. The summed E-state index contributed by atoms with van der Waals surface area (Å²) in [6, 6.07) is 17.6. The van der Waals surface area contributed by atoms with Crippen LogP contribution in [0.25, 0.3) is 11.3 Å². The van der Waals surface area contributed by atoms with Crippen LogP contribution < -0.4 is 10.2 Å². The summed E-state index contributed by atoms with van der Waals surface area (Å²) in [5, 5.41) is 7.18. The van der Waals surface area contributed by atoms with Crippen molar-refractivity contribution < 1.29 is 9.53 Å². The van der Waals surface area contributed by atoms with E-state index in [1.807, 2.05) is 80.7 Å². The maximum atomic E-state index is 12.0. The number of ether oxygens (including phenoxy) is 1. The highest BCUT2D eigenvalue weighted by molar-refractivity contribution is 7.14. The molecule has 0 fully saturated rings. The molecule has 156 valence electrons. The van der Waals surface area contributed by atoms with E-state index in [0.717, 1.165) is 27.7 Å². The van der Waals surface area contributed by atoms with Crippen molar-refractivity contribution in [3.8, 4) is 17.0 Å². The number of hydrogen-bond donors (Lipinski definition) is 1. The van der Waals surface area contributed by atoms with Crippen molar-refractivity contribution in [2.75, 3.05) is 25.1 Å². The van der Waals surface area contributed by atoms with E-state index in [1.165, 1.54) is 11.3 Å². The lowest BCUT2D eigenvalue weighted by atomic mass is 10.1. The Hall–Kier alpha value is -3.19. The topological polar surface area (TPSA) is 66.8 Å². The third-order valence-electron chi connectivity index (χ3n) is 4.64. The van der Waals surface area contributed by atoms with Gasteiger partial charge in [0.15, 0.2) is 6.61 Å². The first-order valence-electron chi connectivity index (χ1n) is 9.93. The second kappa shape index (κ2) is 10.5. The number of carbonyl (C=O) groups excluding carboxylic acids is 1. The Labute approximate surface area is 181 Å². The number of anilines is 1. The molecule has 0 aliphatic rings. The van der Waals surface area contributed by atoms with Crippen LogP contribution in [0, 0.1) is 0 Å². The summed E-state index contributed by atoms with van der Waals surface area (Å²) in [6.07, 6.45) is 0. The second-order valence-electron chi connectivity index (χ2n) is 6.59. The number of aromatic nitrogens is 1. The molecule has 0 saturated carbocycles. The molecule has 0 radical (unpaired) electrons. The standard InChI is InChI=1S/C23H26N4O2S/c1-4-27(5-2)22(28)15-29-20-13-11-18(12-14-20)17(3)25-26-23-24-21(16-30-23)19-9-7-6-8-10-19/h6-14,16H,4-5,15H2,1-3H3,(H,24,26)/b25-17-. The summed E-state index contributed by atoms with van der Waals surface area (Å²) >= 11 is 1.51. The molecule has 0 aliphatic carbocycles. The van der Waals surface area contributed by atoms with E-state index in [4.69, 9.17) is 4.74 Å². The molecule has 0 atom stereocenters. The maximum Gasteiger partial charge on any atom is 0.260 e. The van der Waals surface area contributed by atoms with Gasteiger partial charge in [0, 0.05) is 24.0 Å². The molecule has 0 unspecified atom stereocenters. The lowest BCUT2D eigenvalue weighted by Gasteiger charge is -2.18. The lowest BCUT2D eigenvalue weighted by molar-refractivity contribution is -0.132. The number of amides is 1. The van der Waals surface area contributed by atoms with Crippen molar-refractivity contribution >= 4 is 28.1 Å². The SMILES string of the molecule is CCN(CC)C(=O)COc1ccc(/C(C)=N\Nc2nc(-c3ccccc3)cs2)cc1. The van der Waals surface area contributed by atoms with Crippen LogP contribution in [-0.2, 0) is 4.79 Å². The highest BCUT2D eigenvalue weighted by Gasteiger charge is 2.10. The molecule has 1 heterocycles. The first-order valence-corrected chi connectivity index (χ1v) is 10.8. The van der Waals surface area contributed by atoms with Crippen LogP contribution >= 0.6 is 11.3 Å². The van der Waals surface area contributed by atoms with Gasteiger partial charge in [-0.15, -0.1) is 11.3 Å². The van der Waals surface area contributed by atoms with Crippen LogP contribution in [0.2, 0.25) is 0 Å². The average molecular weight is 423 g/mol. The molecular formula is C23H26N4O2S. The minimum Gasteiger partial charge on any atom is -0.484 e. The number of carbonyl (C=O) groups is 1. The zero-order valence-corrected chi connectivity index (χ0v) is 18.3. The number of hydrazone groups is 1. The number of benzene rings is 2. The molecule has 0 bridgehead atoms. The van der Waals surface area contributed by atoms with Gasteiger partial charge in [-0.1, -0.05) is 30.3 Å². The van der Waals surface area contributed by atoms with E-state index in [9.17, 15) is 4.79 Å². The minimum atomic E-state index is -0.00987. The molecule has 1 amide bonds. The van der Waals surface area contributed by atoms with Gasteiger partial charge in [-0.25, -0.2) is 4.98 Å². The quantitative estimate of drug-likeness (QED) is 0.394.